The van der Waals surface area contributed by atoms with Crippen LogP contribution in [0.2, 0.25) is 0 Å². The lowest BCUT2D eigenvalue weighted by Gasteiger charge is -2.07. The average molecular weight is 278 g/mol. The van der Waals surface area contributed by atoms with Gasteiger partial charge in [-0.1, -0.05) is 6.92 Å². The third kappa shape index (κ3) is 3.00. The third-order valence-corrected chi connectivity index (χ3v) is 3.69. The molecular formula is C12H14N4O2S. The van der Waals surface area contributed by atoms with Crippen LogP contribution in [-0.2, 0) is 13.0 Å². The zero-order chi connectivity index (χ0) is 13.8. The van der Waals surface area contributed by atoms with E-state index in [1.807, 2.05) is 5.38 Å². The standard InChI is InChI=1S/C12H14N4O2S/c1-2-8-5-6-19-10(8)7-14-12-9(16(17)18)3-4-11(13)15-12/h3-6H,2,7H2,1H3,(H3,13,14,15). The summed E-state index contributed by atoms with van der Waals surface area (Å²) in [5.41, 5.74) is 6.74. The summed E-state index contributed by atoms with van der Waals surface area (Å²) >= 11 is 1.62. The van der Waals surface area contributed by atoms with Gasteiger partial charge in [0.2, 0.25) is 5.82 Å². The molecule has 6 nitrogen and oxygen atoms in total. The lowest BCUT2D eigenvalue weighted by molar-refractivity contribution is -0.384. The maximum atomic E-state index is 10.9. The van der Waals surface area contributed by atoms with Gasteiger partial charge in [-0.3, -0.25) is 10.1 Å². The van der Waals surface area contributed by atoms with Crippen molar-refractivity contribution in [1.82, 2.24) is 4.98 Å². The van der Waals surface area contributed by atoms with E-state index in [0.29, 0.717) is 6.54 Å². The molecule has 0 atom stereocenters. The van der Waals surface area contributed by atoms with E-state index >= 15 is 0 Å². The molecule has 0 saturated heterocycles. The molecule has 0 fully saturated rings. The van der Waals surface area contributed by atoms with Crippen LogP contribution in [0.4, 0.5) is 17.3 Å². The molecule has 19 heavy (non-hydrogen) atoms. The Balaban J connectivity index is 2.19. The number of rotatable bonds is 5. The zero-order valence-corrected chi connectivity index (χ0v) is 11.2. The van der Waals surface area contributed by atoms with Crippen LogP contribution in [0.5, 0.6) is 0 Å². The SMILES string of the molecule is CCc1ccsc1CNc1nc(N)ccc1[N+](=O)[O-]. The van der Waals surface area contributed by atoms with E-state index < -0.39 is 4.92 Å². The first-order valence-electron chi connectivity index (χ1n) is 5.81. The van der Waals surface area contributed by atoms with Crippen molar-refractivity contribution in [2.45, 2.75) is 19.9 Å². The maximum Gasteiger partial charge on any atom is 0.311 e. The number of nitrogens with zero attached hydrogens (tertiary/aromatic N) is 2. The number of nitro groups is 1. The van der Waals surface area contributed by atoms with Gasteiger partial charge in [-0.25, -0.2) is 4.98 Å². The number of anilines is 2. The fourth-order valence-electron chi connectivity index (χ4n) is 1.75. The van der Waals surface area contributed by atoms with Gasteiger partial charge in [0.15, 0.2) is 0 Å². The third-order valence-electron chi connectivity index (χ3n) is 2.73. The van der Waals surface area contributed by atoms with Crippen molar-refractivity contribution in [2.75, 3.05) is 11.1 Å². The number of nitrogens with one attached hydrogen (secondary N) is 1. The number of pyridine rings is 1. The number of thiophene rings is 1. The van der Waals surface area contributed by atoms with Gasteiger partial charge in [0, 0.05) is 10.9 Å². The van der Waals surface area contributed by atoms with Crippen molar-refractivity contribution in [3.63, 3.8) is 0 Å². The number of aryl methyl sites for hydroxylation is 1. The molecule has 2 heterocycles. The molecule has 0 aliphatic carbocycles. The first-order chi connectivity index (χ1) is 9.11. The number of hydrogen-bond donors (Lipinski definition) is 2. The zero-order valence-electron chi connectivity index (χ0n) is 10.4. The predicted molar refractivity (Wildman–Crippen MR) is 76.3 cm³/mol. The fraction of sp³-hybridized carbons (Fsp3) is 0.250. The quantitative estimate of drug-likeness (QED) is 0.648. The Kier molecular flexibility index (Phi) is 3.96. The molecule has 2 rings (SSSR count). The molecule has 0 spiro atoms. The summed E-state index contributed by atoms with van der Waals surface area (Å²) < 4.78 is 0. The Bertz CT molecular complexity index is 597. The second kappa shape index (κ2) is 5.66. The van der Waals surface area contributed by atoms with Gasteiger partial charge < -0.3 is 11.1 Å². The Morgan fingerprint density at radius 2 is 2.26 bits per heavy atom. The molecule has 2 aromatic heterocycles. The number of nitrogen functional groups attached to an aromatic ring is 1. The van der Waals surface area contributed by atoms with Crippen LogP contribution in [0.1, 0.15) is 17.4 Å². The molecule has 100 valence electrons. The second-order valence-corrected chi connectivity index (χ2v) is 4.94. The maximum absolute atomic E-state index is 10.9. The first-order valence-corrected chi connectivity index (χ1v) is 6.69. The van der Waals surface area contributed by atoms with E-state index in [0.717, 1.165) is 11.3 Å². The van der Waals surface area contributed by atoms with Gasteiger partial charge in [0.25, 0.3) is 0 Å². The first kappa shape index (κ1) is 13.3. The largest absolute Gasteiger partial charge is 0.384 e. The smallest absolute Gasteiger partial charge is 0.311 e. The molecule has 7 heteroatoms. The van der Waals surface area contributed by atoms with E-state index in [4.69, 9.17) is 5.73 Å². The average Bonchev–Trinajstić information content (AvgIpc) is 2.83. The number of nitrogens with two attached hydrogens (primary N) is 1. The second-order valence-electron chi connectivity index (χ2n) is 3.94. The Morgan fingerprint density at radius 3 is 2.95 bits per heavy atom. The molecule has 0 aliphatic heterocycles. The van der Waals surface area contributed by atoms with Crippen molar-refractivity contribution < 1.29 is 4.92 Å². The van der Waals surface area contributed by atoms with Crippen molar-refractivity contribution in [1.29, 1.82) is 0 Å². The van der Waals surface area contributed by atoms with Crippen LogP contribution in [0.25, 0.3) is 0 Å². The summed E-state index contributed by atoms with van der Waals surface area (Å²) in [5.74, 6) is 0.468. The minimum atomic E-state index is -0.468. The number of hydrogen-bond acceptors (Lipinski definition) is 6. The van der Waals surface area contributed by atoms with Crippen molar-refractivity contribution >= 4 is 28.7 Å². The molecule has 2 aromatic rings. The highest BCUT2D eigenvalue weighted by atomic mass is 32.1. The van der Waals surface area contributed by atoms with Crippen LogP contribution in [0, 0.1) is 10.1 Å². The number of aromatic nitrogens is 1. The lowest BCUT2D eigenvalue weighted by atomic mass is 10.2. The highest BCUT2D eigenvalue weighted by molar-refractivity contribution is 7.10. The molecule has 0 bridgehead atoms. The van der Waals surface area contributed by atoms with Gasteiger partial charge in [-0.15, -0.1) is 11.3 Å². The molecule has 3 N–H and O–H groups in total. The summed E-state index contributed by atoms with van der Waals surface area (Å²) in [4.78, 5) is 15.6. The molecule has 0 aliphatic rings. The molecule has 0 aromatic carbocycles. The van der Waals surface area contributed by atoms with Gasteiger partial charge in [-0.2, -0.15) is 0 Å². The molecule has 0 radical (unpaired) electrons. The molecule has 0 unspecified atom stereocenters. The van der Waals surface area contributed by atoms with Crippen LogP contribution >= 0.6 is 11.3 Å². The van der Waals surface area contributed by atoms with E-state index in [1.165, 1.54) is 17.7 Å². The van der Waals surface area contributed by atoms with E-state index in [9.17, 15) is 10.1 Å². The van der Waals surface area contributed by atoms with Gasteiger partial charge in [-0.05, 0) is 29.5 Å². The minimum absolute atomic E-state index is 0.0659. The van der Waals surface area contributed by atoms with E-state index in [-0.39, 0.29) is 17.3 Å². The van der Waals surface area contributed by atoms with Gasteiger partial charge in [0.05, 0.1) is 11.5 Å². The molecule has 0 saturated carbocycles. The van der Waals surface area contributed by atoms with Crippen LogP contribution in [-0.4, -0.2) is 9.91 Å². The van der Waals surface area contributed by atoms with Crippen molar-refractivity contribution in [3.05, 3.63) is 44.1 Å². The van der Waals surface area contributed by atoms with Crippen LogP contribution in [0.3, 0.4) is 0 Å². The van der Waals surface area contributed by atoms with E-state index in [1.54, 1.807) is 11.3 Å². The van der Waals surface area contributed by atoms with Crippen molar-refractivity contribution in [3.8, 4) is 0 Å². The van der Waals surface area contributed by atoms with E-state index in [2.05, 4.69) is 23.3 Å². The normalized spacial score (nSPS) is 10.4. The topological polar surface area (TPSA) is 94.1 Å². The minimum Gasteiger partial charge on any atom is -0.384 e. The molecule has 0 amide bonds. The van der Waals surface area contributed by atoms with Crippen LogP contribution < -0.4 is 11.1 Å². The molecular weight excluding hydrogens is 264 g/mol. The Morgan fingerprint density at radius 1 is 1.47 bits per heavy atom. The summed E-state index contributed by atoms with van der Waals surface area (Å²) in [5, 5.41) is 15.9. The Labute approximate surface area is 114 Å². The highest BCUT2D eigenvalue weighted by Gasteiger charge is 2.15. The highest BCUT2D eigenvalue weighted by Crippen LogP contribution is 2.25. The van der Waals surface area contributed by atoms with Gasteiger partial charge >= 0.3 is 5.69 Å². The van der Waals surface area contributed by atoms with Gasteiger partial charge in [0.1, 0.15) is 5.82 Å². The summed E-state index contributed by atoms with van der Waals surface area (Å²) in [6.07, 6.45) is 0.937. The van der Waals surface area contributed by atoms with Crippen LogP contribution in [0.15, 0.2) is 23.6 Å². The van der Waals surface area contributed by atoms with Crippen molar-refractivity contribution in [2.24, 2.45) is 0 Å². The monoisotopic (exact) mass is 278 g/mol. The summed E-state index contributed by atoms with van der Waals surface area (Å²) in [6, 6.07) is 4.84. The summed E-state index contributed by atoms with van der Waals surface area (Å²) in [7, 11) is 0. The predicted octanol–water partition coefficient (Wildman–Crippen LogP) is 2.81. The summed E-state index contributed by atoms with van der Waals surface area (Å²) in [6.45, 7) is 2.59. The lowest BCUT2D eigenvalue weighted by Crippen LogP contribution is -2.06. The Hall–Kier alpha value is -2.15. The fourth-order valence-corrected chi connectivity index (χ4v) is 2.66.